The van der Waals surface area contributed by atoms with E-state index in [1.165, 1.54) is 0 Å². The summed E-state index contributed by atoms with van der Waals surface area (Å²) in [6.07, 6.45) is 6.00. The molecule has 6 heteroatoms. The molecule has 2 aromatic rings. The van der Waals surface area contributed by atoms with Crippen molar-refractivity contribution in [2.45, 2.75) is 38.3 Å². The lowest BCUT2D eigenvalue weighted by Gasteiger charge is -2.46. The van der Waals surface area contributed by atoms with Crippen LogP contribution in [0.4, 0.5) is 0 Å². The predicted molar refractivity (Wildman–Crippen MR) is 85.8 cm³/mol. The molecule has 0 radical (unpaired) electrons. The number of nitrogens with zero attached hydrogens (tertiary/aromatic N) is 3. The quantitative estimate of drug-likeness (QED) is 0.914. The van der Waals surface area contributed by atoms with E-state index in [0.29, 0.717) is 0 Å². The number of imidazole rings is 1. The SMILES string of the molecule is CCC(C)(C(N)Cc1cn2ccsc2n1)N1CCOCC1. The first-order valence-corrected chi connectivity index (χ1v) is 8.51. The first-order chi connectivity index (χ1) is 10.1. The minimum Gasteiger partial charge on any atom is -0.379 e. The van der Waals surface area contributed by atoms with Crippen LogP contribution in [0.25, 0.3) is 4.96 Å². The van der Waals surface area contributed by atoms with Gasteiger partial charge in [0.25, 0.3) is 0 Å². The number of nitrogens with two attached hydrogens (primary N) is 1. The van der Waals surface area contributed by atoms with E-state index in [1.54, 1.807) is 11.3 Å². The molecule has 0 bridgehead atoms. The average molecular weight is 308 g/mol. The number of rotatable bonds is 5. The number of thiazole rings is 1. The lowest BCUT2D eigenvalue weighted by molar-refractivity contribution is -0.0273. The third kappa shape index (κ3) is 2.85. The largest absolute Gasteiger partial charge is 0.379 e. The van der Waals surface area contributed by atoms with Crippen LogP contribution in [0.15, 0.2) is 17.8 Å². The van der Waals surface area contributed by atoms with Gasteiger partial charge in [-0.05, 0) is 13.3 Å². The highest BCUT2D eigenvalue weighted by molar-refractivity contribution is 7.15. The Morgan fingerprint density at radius 1 is 1.48 bits per heavy atom. The van der Waals surface area contributed by atoms with Crippen LogP contribution >= 0.6 is 11.3 Å². The standard InChI is InChI=1S/C15H24N4OS/c1-3-15(2,19-4-7-20-8-5-19)13(16)10-12-11-18-6-9-21-14(18)17-12/h6,9,11,13H,3-5,7-8,10,16H2,1-2H3. The van der Waals surface area contributed by atoms with E-state index < -0.39 is 0 Å². The van der Waals surface area contributed by atoms with Crippen molar-refractivity contribution < 1.29 is 4.74 Å². The second-order valence-electron chi connectivity index (χ2n) is 5.95. The van der Waals surface area contributed by atoms with Gasteiger partial charge in [0, 0.05) is 48.9 Å². The van der Waals surface area contributed by atoms with Crippen molar-refractivity contribution in [2.24, 2.45) is 5.73 Å². The van der Waals surface area contributed by atoms with Gasteiger partial charge in [-0.25, -0.2) is 4.98 Å². The van der Waals surface area contributed by atoms with Crippen LogP contribution in [0.3, 0.4) is 0 Å². The lowest BCUT2D eigenvalue weighted by Crippen LogP contribution is -2.61. The molecule has 2 aromatic heterocycles. The molecule has 1 aliphatic heterocycles. The fraction of sp³-hybridized carbons (Fsp3) is 0.667. The maximum Gasteiger partial charge on any atom is 0.193 e. The molecule has 1 aliphatic rings. The molecule has 1 saturated heterocycles. The molecular weight excluding hydrogens is 284 g/mol. The summed E-state index contributed by atoms with van der Waals surface area (Å²) >= 11 is 1.66. The number of ether oxygens (including phenoxy) is 1. The zero-order chi connectivity index (χ0) is 14.9. The summed E-state index contributed by atoms with van der Waals surface area (Å²) in [6.45, 7) is 8.06. The van der Waals surface area contributed by atoms with Gasteiger partial charge in [-0.1, -0.05) is 6.92 Å². The van der Waals surface area contributed by atoms with Crippen LogP contribution in [0.2, 0.25) is 0 Å². The van der Waals surface area contributed by atoms with E-state index in [2.05, 4.69) is 39.7 Å². The van der Waals surface area contributed by atoms with E-state index >= 15 is 0 Å². The topological polar surface area (TPSA) is 55.8 Å². The Hall–Kier alpha value is -0.950. The zero-order valence-corrected chi connectivity index (χ0v) is 13.6. The van der Waals surface area contributed by atoms with E-state index in [9.17, 15) is 0 Å². The summed E-state index contributed by atoms with van der Waals surface area (Å²) in [5, 5.41) is 2.05. The van der Waals surface area contributed by atoms with Gasteiger partial charge in [0.1, 0.15) is 0 Å². The monoisotopic (exact) mass is 308 g/mol. The van der Waals surface area contributed by atoms with Gasteiger partial charge >= 0.3 is 0 Å². The Bertz CT molecular complexity index is 561. The Balaban J connectivity index is 1.74. The average Bonchev–Trinajstić information content (AvgIpc) is 3.08. The van der Waals surface area contributed by atoms with Gasteiger partial charge in [-0.3, -0.25) is 9.30 Å². The van der Waals surface area contributed by atoms with Gasteiger partial charge in [0.2, 0.25) is 0 Å². The molecule has 5 nitrogen and oxygen atoms in total. The molecule has 2 unspecified atom stereocenters. The third-order valence-electron chi connectivity index (χ3n) is 4.82. The summed E-state index contributed by atoms with van der Waals surface area (Å²) in [6, 6.07) is 0.0743. The van der Waals surface area contributed by atoms with Crippen molar-refractivity contribution in [1.82, 2.24) is 14.3 Å². The summed E-state index contributed by atoms with van der Waals surface area (Å²) in [5.74, 6) is 0. The van der Waals surface area contributed by atoms with E-state index in [0.717, 1.165) is 49.8 Å². The van der Waals surface area contributed by atoms with Crippen molar-refractivity contribution >= 4 is 16.3 Å². The fourth-order valence-corrected chi connectivity index (χ4v) is 3.83. The summed E-state index contributed by atoms with van der Waals surface area (Å²) in [5.41, 5.74) is 7.67. The molecule has 3 heterocycles. The molecule has 0 spiro atoms. The molecule has 3 rings (SSSR count). The van der Waals surface area contributed by atoms with Gasteiger partial charge in [0.15, 0.2) is 4.96 Å². The number of hydrogen-bond donors (Lipinski definition) is 1. The van der Waals surface area contributed by atoms with Crippen LogP contribution in [-0.2, 0) is 11.2 Å². The zero-order valence-electron chi connectivity index (χ0n) is 12.8. The van der Waals surface area contributed by atoms with Gasteiger partial charge in [-0.2, -0.15) is 0 Å². The minimum absolute atomic E-state index is 0.000816. The van der Waals surface area contributed by atoms with Crippen molar-refractivity contribution in [3.05, 3.63) is 23.5 Å². The number of morpholine rings is 1. The highest BCUT2D eigenvalue weighted by Gasteiger charge is 2.37. The molecule has 0 amide bonds. The van der Waals surface area contributed by atoms with Crippen LogP contribution < -0.4 is 5.73 Å². The molecule has 21 heavy (non-hydrogen) atoms. The highest BCUT2D eigenvalue weighted by Crippen LogP contribution is 2.26. The first kappa shape index (κ1) is 15.0. The Morgan fingerprint density at radius 2 is 2.24 bits per heavy atom. The maximum atomic E-state index is 6.59. The first-order valence-electron chi connectivity index (χ1n) is 7.63. The van der Waals surface area contributed by atoms with E-state index in [4.69, 9.17) is 10.5 Å². The van der Waals surface area contributed by atoms with Gasteiger partial charge < -0.3 is 10.5 Å². The smallest absolute Gasteiger partial charge is 0.193 e. The van der Waals surface area contributed by atoms with Crippen molar-refractivity contribution in [3.63, 3.8) is 0 Å². The lowest BCUT2D eigenvalue weighted by atomic mass is 9.85. The minimum atomic E-state index is 0.000816. The number of hydrogen-bond acceptors (Lipinski definition) is 5. The van der Waals surface area contributed by atoms with Crippen LogP contribution in [0.5, 0.6) is 0 Å². The summed E-state index contributed by atoms with van der Waals surface area (Å²) in [4.78, 5) is 8.19. The molecule has 0 aliphatic carbocycles. The molecule has 116 valence electrons. The van der Waals surface area contributed by atoms with Gasteiger partial charge in [0.05, 0.1) is 18.9 Å². The van der Waals surface area contributed by atoms with Crippen molar-refractivity contribution in [3.8, 4) is 0 Å². The maximum absolute atomic E-state index is 6.59. The Kier molecular flexibility index (Phi) is 4.31. The second-order valence-corrected chi connectivity index (χ2v) is 6.82. The molecule has 2 N–H and O–H groups in total. The number of fused-ring (bicyclic) bond motifs is 1. The third-order valence-corrected chi connectivity index (χ3v) is 5.59. The van der Waals surface area contributed by atoms with Crippen LogP contribution in [-0.4, -0.2) is 52.2 Å². The highest BCUT2D eigenvalue weighted by atomic mass is 32.1. The molecule has 2 atom stereocenters. The fourth-order valence-electron chi connectivity index (χ4n) is 3.11. The number of aromatic nitrogens is 2. The second kappa shape index (κ2) is 6.04. The molecule has 0 saturated carbocycles. The van der Waals surface area contributed by atoms with E-state index in [1.807, 2.05) is 6.20 Å². The normalized spacial score (nSPS) is 21.5. The summed E-state index contributed by atoms with van der Waals surface area (Å²) in [7, 11) is 0. The van der Waals surface area contributed by atoms with Crippen molar-refractivity contribution in [1.29, 1.82) is 0 Å². The molecular formula is C15H24N4OS. The predicted octanol–water partition coefficient (Wildman–Crippen LogP) is 1.77. The molecule has 1 fully saturated rings. The molecule has 0 aromatic carbocycles. The van der Waals surface area contributed by atoms with Gasteiger partial charge in [-0.15, -0.1) is 11.3 Å². The summed E-state index contributed by atoms with van der Waals surface area (Å²) < 4.78 is 7.54. The van der Waals surface area contributed by atoms with E-state index in [-0.39, 0.29) is 11.6 Å². The van der Waals surface area contributed by atoms with Crippen molar-refractivity contribution in [2.75, 3.05) is 26.3 Å². The Labute approximate surface area is 129 Å². The Morgan fingerprint density at radius 3 is 2.90 bits per heavy atom. The van der Waals surface area contributed by atoms with Crippen LogP contribution in [0, 0.1) is 0 Å². The van der Waals surface area contributed by atoms with Crippen LogP contribution in [0.1, 0.15) is 26.0 Å².